The normalized spacial score (nSPS) is 17.8. The highest BCUT2D eigenvalue weighted by molar-refractivity contribution is 6.15. The summed E-state index contributed by atoms with van der Waals surface area (Å²) in [6, 6.07) is 10.2. The Labute approximate surface area is 189 Å². The molecule has 33 heavy (non-hydrogen) atoms. The summed E-state index contributed by atoms with van der Waals surface area (Å²) in [7, 11) is 4.55. The number of ketones is 1. The van der Waals surface area contributed by atoms with Crippen molar-refractivity contribution in [2.45, 2.75) is 12.3 Å². The lowest BCUT2D eigenvalue weighted by atomic mass is 9.88. The Morgan fingerprint density at radius 3 is 2.36 bits per heavy atom. The molecule has 0 saturated heterocycles. The minimum absolute atomic E-state index is 0.0838. The highest BCUT2D eigenvalue weighted by atomic mass is 16.5. The molecular formula is C25H20O8. The van der Waals surface area contributed by atoms with Crippen LogP contribution < -0.4 is 23.7 Å². The third-order valence-electron chi connectivity index (χ3n) is 5.65. The fourth-order valence-electron chi connectivity index (χ4n) is 4.17. The Kier molecular flexibility index (Phi) is 5.05. The van der Waals surface area contributed by atoms with Crippen molar-refractivity contribution < 1.29 is 37.7 Å². The predicted octanol–water partition coefficient (Wildman–Crippen LogP) is 4.36. The number of furan rings is 1. The average Bonchev–Trinajstić information content (AvgIpc) is 3.46. The third-order valence-corrected chi connectivity index (χ3v) is 5.65. The number of ether oxygens (including phenoxy) is 5. The smallest absolute Gasteiger partial charge is 0.312 e. The fourth-order valence-corrected chi connectivity index (χ4v) is 4.17. The van der Waals surface area contributed by atoms with E-state index in [2.05, 4.69) is 0 Å². The van der Waals surface area contributed by atoms with E-state index in [1.54, 1.807) is 48.7 Å². The van der Waals surface area contributed by atoms with E-state index in [9.17, 15) is 9.59 Å². The zero-order valence-electron chi connectivity index (χ0n) is 18.2. The number of Topliss-reactive ketones (excluding diaryl/α,β-unsaturated/α-hetero) is 1. The minimum atomic E-state index is -0.417. The molecule has 3 heterocycles. The lowest BCUT2D eigenvalue weighted by Gasteiger charge is -2.24. The van der Waals surface area contributed by atoms with E-state index in [4.69, 9.17) is 28.1 Å². The molecule has 3 aromatic rings. The van der Waals surface area contributed by atoms with E-state index in [0.717, 1.165) is 0 Å². The van der Waals surface area contributed by atoms with Gasteiger partial charge in [0.1, 0.15) is 17.3 Å². The topological polar surface area (TPSA) is 93.4 Å². The van der Waals surface area contributed by atoms with Crippen LogP contribution in [-0.4, -0.2) is 33.1 Å². The van der Waals surface area contributed by atoms with Crippen LogP contribution in [0.15, 0.2) is 52.8 Å². The molecule has 0 spiro atoms. The van der Waals surface area contributed by atoms with Gasteiger partial charge in [0, 0.05) is 5.56 Å². The van der Waals surface area contributed by atoms with Gasteiger partial charge in [0.05, 0.1) is 45.5 Å². The van der Waals surface area contributed by atoms with E-state index < -0.39 is 5.92 Å². The average molecular weight is 448 g/mol. The van der Waals surface area contributed by atoms with Crippen molar-refractivity contribution in [1.29, 1.82) is 0 Å². The molecular weight excluding hydrogens is 428 g/mol. The summed E-state index contributed by atoms with van der Waals surface area (Å²) in [5.41, 5.74) is 1.63. The number of hydrogen-bond acceptors (Lipinski definition) is 8. The molecule has 1 atom stereocenters. The third kappa shape index (κ3) is 3.40. The van der Waals surface area contributed by atoms with Crippen molar-refractivity contribution in [3.05, 3.63) is 70.9 Å². The van der Waals surface area contributed by atoms with Crippen molar-refractivity contribution in [3.63, 3.8) is 0 Å². The summed E-state index contributed by atoms with van der Waals surface area (Å²) in [4.78, 5) is 25.3. The van der Waals surface area contributed by atoms with Gasteiger partial charge in [-0.15, -0.1) is 0 Å². The monoisotopic (exact) mass is 448 g/mol. The van der Waals surface area contributed by atoms with Gasteiger partial charge < -0.3 is 28.1 Å². The standard InChI is InChI=1S/C25H20O8/c1-28-19-10-13(11-20(29-2)25(19)30-3)9-18-23(27)14-6-7-17-22(24(14)33-18)15(12-21(26)32-17)16-5-4-8-31-16/h4-11,15H,12H2,1-3H3/b18-9-. The Balaban J connectivity index is 1.59. The Morgan fingerprint density at radius 2 is 1.73 bits per heavy atom. The molecule has 0 aliphatic carbocycles. The van der Waals surface area contributed by atoms with E-state index in [-0.39, 0.29) is 23.9 Å². The Morgan fingerprint density at radius 1 is 0.970 bits per heavy atom. The molecule has 1 aromatic heterocycles. The quantitative estimate of drug-likeness (QED) is 0.323. The van der Waals surface area contributed by atoms with Gasteiger partial charge in [-0.3, -0.25) is 9.59 Å². The highest BCUT2D eigenvalue weighted by Crippen LogP contribution is 2.49. The molecule has 8 nitrogen and oxygen atoms in total. The van der Waals surface area contributed by atoms with Gasteiger partial charge in [0.25, 0.3) is 0 Å². The molecule has 2 aliphatic rings. The van der Waals surface area contributed by atoms with Crippen molar-refractivity contribution >= 4 is 17.8 Å². The first-order chi connectivity index (χ1) is 16.0. The van der Waals surface area contributed by atoms with Crippen LogP contribution >= 0.6 is 0 Å². The number of hydrogen-bond donors (Lipinski definition) is 0. The van der Waals surface area contributed by atoms with Crippen LogP contribution in [0, 0.1) is 0 Å². The van der Waals surface area contributed by atoms with Crippen LogP contribution in [0.25, 0.3) is 6.08 Å². The maximum Gasteiger partial charge on any atom is 0.312 e. The van der Waals surface area contributed by atoms with Gasteiger partial charge in [0.15, 0.2) is 17.3 Å². The molecule has 5 rings (SSSR count). The Bertz CT molecular complexity index is 1260. The zero-order valence-corrected chi connectivity index (χ0v) is 18.2. The highest BCUT2D eigenvalue weighted by Gasteiger charge is 2.39. The number of carbonyl (C=O) groups is 2. The maximum absolute atomic E-state index is 13.2. The van der Waals surface area contributed by atoms with E-state index in [1.165, 1.54) is 21.3 Å². The molecule has 168 valence electrons. The number of fused-ring (bicyclic) bond motifs is 3. The molecule has 0 bridgehead atoms. The molecule has 2 aliphatic heterocycles. The van der Waals surface area contributed by atoms with Crippen LogP contribution in [0.1, 0.15) is 39.6 Å². The van der Waals surface area contributed by atoms with Crippen molar-refractivity contribution in [2.24, 2.45) is 0 Å². The summed E-state index contributed by atoms with van der Waals surface area (Å²) in [6.45, 7) is 0. The molecule has 0 saturated carbocycles. The van der Waals surface area contributed by atoms with Crippen LogP contribution in [0.2, 0.25) is 0 Å². The second-order valence-corrected chi connectivity index (χ2v) is 7.50. The molecule has 1 unspecified atom stereocenters. The molecule has 0 fully saturated rings. The fraction of sp³-hybridized carbons (Fsp3) is 0.200. The molecule has 0 amide bonds. The van der Waals surface area contributed by atoms with Gasteiger partial charge in [-0.05, 0) is 48.0 Å². The SMILES string of the molecule is COc1cc(/C=C2\Oc3c(ccc4c3C(c3ccco3)CC(=O)O4)C2=O)cc(OC)c1OC. The number of allylic oxidation sites excluding steroid dienone is 1. The largest absolute Gasteiger partial charge is 0.493 e. The first-order valence-electron chi connectivity index (χ1n) is 10.2. The van der Waals surface area contributed by atoms with Gasteiger partial charge in [-0.1, -0.05) is 0 Å². The molecule has 2 aromatic carbocycles. The molecule has 0 N–H and O–H groups in total. The zero-order chi connectivity index (χ0) is 23.1. The van der Waals surface area contributed by atoms with Gasteiger partial charge >= 0.3 is 5.97 Å². The summed E-state index contributed by atoms with van der Waals surface area (Å²) in [5, 5.41) is 0. The number of carbonyl (C=O) groups excluding carboxylic acids is 2. The van der Waals surface area contributed by atoms with E-state index in [0.29, 0.717) is 51.2 Å². The summed E-state index contributed by atoms with van der Waals surface area (Å²) >= 11 is 0. The van der Waals surface area contributed by atoms with Crippen LogP contribution in [-0.2, 0) is 4.79 Å². The van der Waals surface area contributed by atoms with E-state index >= 15 is 0 Å². The van der Waals surface area contributed by atoms with Gasteiger partial charge in [0.2, 0.25) is 11.5 Å². The maximum atomic E-state index is 13.2. The molecule has 0 radical (unpaired) electrons. The predicted molar refractivity (Wildman–Crippen MR) is 116 cm³/mol. The van der Waals surface area contributed by atoms with Crippen LogP contribution in [0.3, 0.4) is 0 Å². The molecule has 8 heteroatoms. The number of esters is 1. The lowest BCUT2D eigenvalue weighted by molar-refractivity contribution is -0.135. The minimum Gasteiger partial charge on any atom is -0.493 e. The van der Waals surface area contributed by atoms with Crippen molar-refractivity contribution in [2.75, 3.05) is 21.3 Å². The first kappa shape index (κ1) is 20.7. The lowest BCUT2D eigenvalue weighted by Crippen LogP contribution is -2.21. The Hall–Kier alpha value is -4.20. The van der Waals surface area contributed by atoms with Crippen molar-refractivity contribution in [3.8, 4) is 28.7 Å². The van der Waals surface area contributed by atoms with Crippen LogP contribution in [0.4, 0.5) is 0 Å². The van der Waals surface area contributed by atoms with E-state index in [1.807, 2.05) is 0 Å². The first-order valence-corrected chi connectivity index (χ1v) is 10.2. The summed E-state index contributed by atoms with van der Waals surface area (Å²) < 4.78 is 33.2. The van der Waals surface area contributed by atoms with Gasteiger partial charge in [-0.2, -0.15) is 0 Å². The second kappa shape index (κ2) is 8.05. The van der Waals surface area contributed by atoms with Gasteiger partial charge in [-0.25, -0.2) is 0 Å². The summed E-state index contributed by atoms with van der Waals surface area (Å²) in [5.74, 6) is 1.72. The number of methoxy groups -OCH3 is 3. The number of rotatable bonds is 5. The summed E-state index contributed by atoms with van der Waals surface area (Å²) in [6.07, 6.45) is 3.23. The van der Waals surface area contributed by atoms with Crippen LogP contribution in [0.5, 0.6) is 28.7 Å². The number of benzene rings is 2. The van der Waals surface area contributed by atoms with Crippen molar-refractivity contribution in [1.82, 2.24) is 0 Å². The second-order valence-electron chi connectivity index (χ2n) is 7.50.